The first kappa shape index (κ1) is 14.8. The molecule has 0 N–H and O–H groups in total. The van der Waals surface area contributed by atoms with Gasteiger partial charge in [0.05, 0.1) is 5.75 Å². The van der Waals surface area contributed by atoms with Gasteiger partial charge in [0.2, 0.25) is 10.0 Å². The van der Waals surface area contributed by atoms with Crippen molar-refractivity contribution >= 4 is 21.6 Å². The van der Waals surface area contributed by atoms with E-state index in [1.54, 1.807) is 28.6 Å². The van der Waals surface area contributed by atoms with Gasteiger partial charge in [-0.3, -0.25) is 0 Å². The lowest BCUT2D eigenvalue weighted by Crippen LogP contribution is -2.43. The van der Waals surface area contributed by atoms with Crippen LogP contribution in [0.15, 0.2) is 24.3 Å². The highest BCUT2D eigenvalue weighted by molar-refractivity contribution is 7.88. The summed E-state index contributed by atoms with van der Waals surface area (Å²) in [6.45, 7) is 5.50. The van der Waals surface area contributed by atoms with Gasteiger partial charge < -0.3 is 0 Å². The molecule has 0 unspecified atom stereocenters. The molecule has 0 spiro atoms. The van der Waals surface area contributed by atoms with Crippen molar-refractivity contribution in [1.29, 1.82) is 0 Å². The van der Waals surface area contributed by atoms with Crippen molar-refractivity contribution in [3.8, 4) is 0 Å². The summed E-state index contributed by atoms with van der Waals surface area (Å²) in [5.41, 5.74) is 0.787. The van der Waals surface area contributed by atoms with E-state index in [0.29, 0.717) is 29.9 Å². The largest absolute Gasteiger partial charge is 0.218 e. The van der Waals surface area contributed by atoms with E-state index < -0.39 is 10.0 Å². The molecule has 0 saturated carbocycles. The van der Waals surface area contributed by atoms with Gasteiger partial charge in [0.1, 0.15) is 0 Å². The molecule has 1 aromatic carbocycles. The first-order valence-corrected chi connectivity index (χ1v) is 8.58. The average Bonchev–Trinajstić information content (AvgIpc) is 2.31. The monoisotopic (exact) mass is 301 g/mol. The Hall–Kier alpha value is -0.580. The molecule has 1 aliphatic heterocycles. The number of hydrogen-bond acceptors (Lipinski definition) is 2. The zero-order valence-electron chi connectivity index (χ0n) is 11.3. The van der Waals surface area contributed by atoms with E-state index in [1.807, 2.05) is 0 Å². The zero-order chi connectivity index (χ0) is 14.0. The smallest absolute Gasteiger partial charge is 0.212 e. The van der Waals surface area contributed by atoms with Gasteiger partial charge in [-0.15, -0.1) is 0 Å². The Morgan fingerprint density at radius 1 is 1.16 bits per heavy atom. The molecule has 5 heteroatoms. The Kier molecular flexibility index (Phi) is 4.54. The van der Waals surface area contributed by atoms with Crippen molar-refractivity contribution in [2.75, 3.05) is 13.1 Å². The number of rotatable bonds is 3. The van der Waals surface area contributed by atoms with Gasteiger partial charge >= 0.3 is 0 Å². The van der Waals surface area contributed by atoms with Crippen LogP contribution in [0.2, 0.25) is 5.02 Å². The molecule has 3 nitrogen and oxygen atoms in total. The van der Waals surface area contributed by atoms with Crippen molar-refractivity contribution in [2.24, 2.45) is 11.8 Å². The molecule has 2 rings (SSSR count). The number of halogens is 1. The first-order chi connectivity index (χ1) is 8.87. The summed E-state index contributed by atoms with van der Waals surface area (Å²) in [6.07, 6.45) is 1.10. The molecule has 0 amide bonds. The molecule has 1 saturated heterocycles. The predicted octanol–water partition coefficient (Wildman–Crippen LogP) is 3.15. The van der Waals surface area contributed by atoms with Gasteiger partial charge in [-0.1, -0.05) is 37.6 Å². The highest BCUT2D eigenvalue weighted by atomic mass is 35.5. The van der Waals surface area contributed by atoms with Gasteiger partial charge in [0.25, 0.3) is 0 Å². The van der Waals surface area contributed by atoms with Gasteiger partial charge in [-0.05, 0) is 36.0 Å². The summed E-state index contributed by atoms with van der Waals surface area (Å²) in [5.74, 6) is 0.927. The van der Waals surface area contributed by atoms with Crippen molar-refractivity contribution in [2.45, 2.75) is 26.0 Å². The topological polar surface area (TPSA) is 37.4 Å². The summed E-state index contributed by atoms with van der Waals surface area (Å²) < 4.78 is 26.5. The Balaban J connectivity index is 2.11. The second-order valence-electron chi connectivity index (χ2n) is 5.65. The van der Waals surface area contributed by atoms with Gasteiger partial charge in [-0.2, -0.15) is 0 Å². The van der Waals surface area contributed by atoms with Crippen LogP contribution in [0.25, 0.3) is 0 Å². The molecule has 1 fully saturated rings. The van der Waals surface area contributed by atoms with E-state index in [1.165, 1.54) is 0 Å². The maximum absolute atomic E-state index is 12.4. The highest BCUT2D eigenvalue weighted by Crippen LogP contribution is 2.25. The standard InChI is InChI=1S/C14H20ClNO2S/c1-11-7-12(2)9-16(8-11)19(17,18)10-13-3-5-14(15)6-4-13/h3-6,11-12H,7-10H2,1-2H3/t11-,12+. The minimum Gasteiger partial charge on any atom is -0.212 e. The lowest BCUT2D eigenvalue weighted by atomic mass is 9.94. The number of benzene rings is 1. The molecular weight excluding hydrogens is 282 g/mol. The normalized spacial score (nSPS) is 25.4. The average molecular weight is 302 g/mol. The van der Waals surface area contributed by atoms with Crippen LogP contribution in [-0.2, 0) is 15.8 Å². The molecule has 0 bridgehead atoms. The number of hydrogen-bond donors (Lipinski definition) is 0. The van der Waals surface area contributed by atoms with Gasteiger partial charge in [0.15, 0.2) is 0 Å². The number of sulfonamides is 1. The molecule has 0 aromatic heterocycles. The third-order valence-corrected chi connectivity index (χ3v) is 5.53. The van der Waals surface area contributed by atoms with Crippen molar-refractivity contribution in [3.05, 3.63) is 34.9 Å². The maximum Gasteiger partial charge on any atom is 0.218 e. The van der Waals surface area contributed by atoms with Crippen LogP contribution in [0.5, 0.6) is 0 Å². The fourth-order valence-electron chi connectivity index (χ4n) is 2.72. The van der Waals surface area contributed by atoms with Crippen molar-refractivity contribution < 1.29 is 8.42 Å². The van der Waals surface area contributed by atoms with Crippen LogP contribution in [0.3, 0.4) is 0 Å². The number of nitrogens with zero attached hydrogens (tertiary/aromatic N) is 1. The summed E-state index contributed by atoms with van der Waals surface area (Å²) in [4.78, 5) is 0. The first-order valence-electron chi connectivity index (χ1n) is 6.59. The van der Waals surface area contributed by atoms with Crippen LogP contribution >= 0.6 is 11.6 Å². The van der Waals surface area contributed by atoms with E-state index in [2.05, 4.69) is 13.8 Å². The predicted molar refractivity (Wildman–Crippen MR) is 78.6 cm³/mol. The molecule has 0 radical (unpaired) electrons. The lowest BCUT2D eigenvalue weighted by Gasteiger charge is -2.34. The second kappa shape index (κ2) is 5.81. The molecule has 19 heavy (non-hydrogen) atoms. The van der Waals surface area contributed by atoms with Gasteiger partial charge in [-0.25, -0.2) is 12.7 Å². The van der Waals surface area contributed by atoms with Crippen molar-refractivity contribution in [1.82, 2.24) is 4.31 Å². The van der Waals surface area contributed by atoms with E-state index >= 15 is 0 Å². The summed E-state index contributed by atoms with van der Waals surface area (Å²) >= 11 is 5.81. The summed E-state index contributed by atoms with van der Waals surface area (Å²) in [6, 6.07) is 7.01. The summed E-state index contributed by atoms with van der Waals surface area (Å²) in [5, 5.41) is 0.626. The van der Waals surface area contributed by atoms with Crippen LogP contribution in [-0.4, -0.2) is 25.8 Å². The molecule has 1 aromatic rings. The van der Waals surface area contributed by atoms with Crippen molar-refractivity contribution in [3.63, 3.8) is 0 Å². The maximum atomic E-state index is 12.4. The molecule has 1 aliphatic rings. The van der Waals surface area contributed by atoms with Crippen LogP contribution in [0.4, 0.5) is 0 Å². The Labute approximate surface area is 120 Å². The molecule has 0 aliphatic carbocycles. The van der Waals surface area contributed by atoms with E-state index in [-0.39, 0.29) is 5.75 Å². The highest BCUT2D eigenvalue weighted by Gasteiger charge is 2.30. The SMILES string of the molecule is C[C@@H]1C[C@H](C)CN(S(=O)(=O)Cc2ccc(Cl)cc2)C1. The lowest BCUT2D eigenvalue weighted by molar-refractivity contribution is 0.222. The number of piperidine rings is 1. The Morgan fingerprint density at radius 2 is 1.68 bits per heavy atom. The zero-order valence-corrected chi connectivity index (χ0v) is 12.9. The van der Waals surface area contributed by atoms with E-state index in [0.717, 1.165) is 12.0 Å². The molecular formula is C14H20ClNO2S. The minimum atomic E-state index is -3.22. The van der Waals surface area contributed by atoms with Crippen LogP contribution in [0, 0.1) is 11.8 Å². The fraction of sp³-hybridized carbons (Fsp3) is 0.571. The van der Waals surface area contributed by atoms with Gasteiger partial charge in [0, 0.05) is 18.1 Å². The minimum absolute atomic E-state index is 0.0591. The molecule has 1 heterocycles. The Morgan fingerprint density at radius 3 is 2.21 bits per heavy atom. The fourth-order valence-corrected chi connectivity index (χ4v) is 4.60. The third kappa shape index (κ3) is 3.94. The molecule has 106 valence electrons. The molecule has 2 atom stereocenters. The summed E-state index contributed by atoms with van der Waals surface area (Å²) in [7, 11) is -3.22. The van der Waals surface area contributed by atoms with Crippen LogP contribution < -0.4 is 0 Å². The Bertz CT molecular complexity index is 517. The quantitative estimate of drug-likeness (QED) is 0.860. The van der Waals surface area contributed by atoms with E-state index in [4.69, 9.17) is 11.6 Å². The van der Waals surface area contributed by atoms with Crippen LogP contribution in [0.1, 0.15) is 25.8 Å². The van der Waals surface area contributed by atoms with E-state index in [9.17, 15) is 8.42 Å². The third-order valence-electron chi connectivity index (χ3n) is 3.49. The second-order valence-corrected chi connectivity index (χ2v) is 8.05.